The van der Waals surface area contributed by atoms with Crippen LogP contribution in [0.2, 0.25) is 0 Å². The minimum atomic E-state index is -0.473. The predicted molar refractivity (Wildman–Crippen MR) is 106 cm³/mol. The molecule has 1 unspecified atom stereocenters. The summed E-state index contributed by atoms with van der Waals surface area (Å²) < 4.78 is 4.68. The molecule has 0 radical (unpaired) electrons. The second kappa shape index (κ2) is 8.77. The van der Waals surface area contributed by atoms with Crippen LogP contribution in [0.4, 0.5) is 11.5 Å². The van der Waals surface area contributed by atoms with Gasteiger partial charge in [0.15, 0.2) is 5.69 Å². The molecule has 0 spiro atoms. The van der Waals surface area contributed by atoms with Crippen LogP contribution >= 0.6 is 0 Å². The molecular weight excluding hydrogens is 356 g/mol. The van der Waals surface area contributed by atoms with Gasteiger partial charge in [0, 0.05) is 11.7 Å². The Morgan fingerprint density at radius 1 is 0.964 bits per heavy atom. The van der Waals surface area contributed by atoms with Gasteiger partial charge in [0.05, 0.1) is 12.7 Å². The van der Waals surface area contributed by atoms with Crippen LogP contribution in [0.1, 0.15) is 39.4 Å². The molecule has 0 saturated heterocycles. The minimum Gasteiger partial charge on any atom is -0.465 e. The first kappa shape index (κ1) is 19.0. The average Bonchev–Trinajstić information content (AvgIpc) is 2.74. The van der Waals surface area contributed by atoms with Gasteiger partial charge in [-0.1, -0.05) is 36.4 Å². The number of amides is 1. The summed E-state index contributed by atoms with van der Waals surface area (Å²) in [4.78, 5) is 24.0. The van der Waals surface area contributed by atoms with Crippen molar-refractivity contribution in [2.75, 3.05) is 17.7 Å². The van der Waals surface area contributed by atoms with E-state index in [1.165, 1.54) is 13.2 Å². The molecule has 2 N–H and O–H groups in total. The van der Waals surface area contributed by atoms with Gasteiger partial charge in [0.2, 0.25) is 0 Å². The number of methoxy groups -OCH3 is 1. The molecule has 7 nitrogen and oxygen atoms in total. The highest BCUT2D eigenvalue weighted by molar-refractivity contribution is 6.03. The third-order valence-electron chi connectivity index (χ3n) is 4.10. The van der Waals surface area contributed by atoms with Gasteiger partial charge in [-0.05, 0) is 42.8 Å². The Morgan fingerprint density at radius 2 is 1.75 bits per heavy atom. The molecule has 1 aromatic heterocycles. The van der Waals surface area contributed by atoms with Gasteiger partial charge >= 0.3 is 5.97 Å². The van der Waals surface area contributed by atoms with Gasteiger partial charge in [0.1, 0.15) is 5.82 Å². The molecule has 1 amide bonds. The van der Waals surface area contributed by atoms with E-state index in [9.17, 15) is 9.59 Å². The Bertz CT molecular complexity index is 959. The van der Waals surface area contributed by atoms with Gasteiger partial charge in [-0.3, -0.25) is 4.79 Å². The third kappa shape index (κ3) is 4.70. The van der Waals surface area contributed by atoms with Crippen molar-refractivity contribution in [3.63, 3.8) is 0 Å². The number of aromatic nitrogens is 2. The SMILES string of the molecule is COC(=O)c1cccc(NC(=O)c2ccc(NC(C)c3ccccc3)nn2)c1. The van der Waals surface area contributed by atoms with Crippen LogP contribution in [0.5, 0.6) is 0 Å². The number of carbonyl (C=O) groups is 2. The second-order valence-electron chi connectivity index (χ2n) is 6.11. The molecule has 7 heteroatoms. The fraction of sp³-hybridized carbons (Fsp3) is 0.143. The summed E-state index contributed by atoms with van der Waals surface area (Å²) in [5.41, 5.74) is 2.11. The molecule has 0 aliphatic heterocycles. The molecule has 0 aliphatic rings. The lowest BCUT2D eigenvalue weighted by molar-refractivity contribution is 0.0600. The summed E-state index contributed by atoms with van der Waals surface area (Å²) in [5.74, 6) is -0.323. The van der Waals surface area contributed by atoms with Gasteiger partial charge in [-0.2, -0.15) is 0 Å². The summed E-state index contributed by atoms with van der Waals surface area (Å²) >= 11 is 0. The molecule has 1 atom stereocenters. The van der Waals surface area contributed by atoms with E-state index in [4.69, 9.17) is 0 Å². The second-order valence-corrected chi connectivity index (χ2v) is 6.11. The zero-order valence-corrected chi connectivity index (χ0v) is 15.5. The summed E-state index contributed by atoms with van der Waals surface area (Å²) in [6.45, 7) is 2.02. The van der Waals surface area contributed by atoms with Crippen LogP contribution < -0.4 is 10.6 Å². The van der Waals surface area contributed by atoms with Crippen LogP contribution in [0.15, 0.2) is 66.7 Å². The molecule has 0 saturated carbocycles. The molecule has 3 rings (SSSR count). The van der Waals surface area contributed by atoms with E-state index in [0.717, 1.165) is 5.56 Å². The first-order chi connectivity index (χ1) is 13.6. The molecule has 1 heterocycles. The van der Waals surface area contributed by atoms with E-state index >= 15 is 0 Å². The van der Waals surface area contributed by atoms with Crippen molar-refractivity contribution in [1.29, 1.82) is 0 Å². The van der Waals surface area contributed by atoms with E-state index < -0.39 is 11.9 Å². The number of hydrogen-bond acceptors (Lipinski definition) is 6. The van der Waals surface area contributed by atoms with Crippen molar-refractivity contribution in [1.82, 2.24) is 10.2 Å². The molecule has 0 bridgehead atoms. The number of nitrogens with zero attached hydrogens (tertiary/aromatic N) is 2. The Kier molecular flexibility index (Phi) is 5.96. The van der Waals surface area contributed by atoms with E-state index in [1.807, 2.05) is 37.3 Å². The summed E-state index contributed by atoms with van der Waals surface area (Å²) in [6, 6.07) is 19.8. The Hall–Kier alpha value is -3.74. The maximum atomic E-state index is 12.4. The lowest BCUT2D eigenvalue weighted by Crippen LogP contribution is -2.16. The summed E-state index contributed by atoms with van der Waals surface area (Å²) in [5, 5.41) is 14.0. The highest BCUT2D eigenvalue weighted by Crippen LogP contribution is 2.17. The van der Waals surface area contributed by atoms with E-state index in [2.05, 4.69) is 25.6 Å². The molecule has 0 aliphatic carbocycles. The molecule has 142 valence electrons. The van der Waals surface area contributed by atoms with E-state index in [0.29, 0.717) is 17.1 Å². The average molecular weight is 376 g/mol. The maximum absolute atomic E-state index is 12.4. The standard InChI is InChI=1S/C21H20N4O3/c1-14(15-7-4-3-5-8-15)22-19-12-11-18(24-25-19)20(26)23-17-10-6-9-16(13-17)21(27)28-2/h3-14H,1-2H3,(H,22,25)(H,23,26). The van der Waals surface area contributed by atoms with Crippen LogP contribution in [0, 0.1) is 0 Å². The minimum absolute atomic E-state index is 0.0521. The van der Waals surface area contributed by atoms with Crippen LogP contribution in [0.25, 0.3) is 0 Å². The predicted octanol–water partition coefficient (Wildman–Crippen LogP) is 3.69. The largest absolute Gasteiger partial charge is 0.465 e. The highest BCUT2D eigenvalue weighted by Gasteiger charge is 2.12. The van der Waals surface area contributed by atoms with Gasteiger partial charge in [-0.25, -0.2) is 4.79 Å². The molecule has 3 aromatic rings. The van der Waals surface area contributed by atoms with Crippen LogP contribution in [-0.4, -0.2) is 29.2 Å². The topological polar surface area (TPSA) is 93.2 Å². The highest BCUT2D eigenvalue weighted by atomic mass is 16.5. The van der Waals surface area contributed by atoms with Crippen molar-refractivity contribution in [3.05, 3.63) is 83.6 Å². The zero-order valence-electron chi connectivity index (χ0n) is 15.5. The van der Waals surface area contributed by atoms with E-state index in [-0.39, 0.29) is 11.7 Å². The van der Waals surface area contributed by atoms with Crippen LogP contribution in [-0.2, 0) is 4.74 Å². The molecule has 0 fully saturated rings. The normalized spacial score (nSPS) is 11.4. The molecule has 28 heavy (non-hydrogen) atoms. The number of ether oxygens (including phenoxy) is 1. The maximum Gasteiger partial charge on any atom is 0.337 e. The number of hydrogen-bond donors (Lipinski definition) is 2. The summed E-state index contributed by atoms with van der Waals surface area (Å²) in [6.07, 6.45) is 0. The van der Waals surface area contributed by atoms with Crippen molar-refractivity contribution in [2.24, 2.45) is 0 Å². The number of esters is 1. The first-order valence-corrected chi connectivity index (χ1v) is 8.72. The zero-order chi connectivity index (χ0) is 19.9. The van der Waals surface area contributed by atoms with Crippen molar-refractivity contribution in [2.45, 2.75) is 13.0 Å². The van der Waals surface area contributed by atoms with Gasteiger partial charge in [-0.15, -0.1) is 10.2 Å². The number of carbonyl (C=O) groups excluding carboxylic acids is 2. The monoisotopic (exact) mass is 376 g/mol. The third-order valence-corrected chi connectivity index (χ3v) is 4.10. The number of anilines is 2. The lowest BCUT2D eigenvalue weighted by Gasteiger charge is -2.14. The summed E-state index contributed by atoms with van der Waals surface area (Å²) in [7, 11) is 1.30. The molecule has 2 aromatic carbocycles. The van der Waals surface area contributed by atoms with Crippen molar-refractivity contribution < 1.29 is 14.3 Å². The fourth-order valence-electron chi connectivity index (χ4n) is 2.61. The van der Waals surface area contributed by atoms with Crippen LogP contribution in [0.3, 0.4) is 0 Å². The number of benzene rings is 2. The Balaban J connectivity index is 1.65. The number of rotatable bonds is 6. The quantitative estimate of drug-likeness (QED) is 0.638. The smallest absolute Gasteiger partial charge is 0.337 e. The fourth-order valence-corrected chi connectivity index (χ4v) is 2.61. The number of nitrogens with one attached hydrogen (secondary N) is 2. The first-order valence-electron chi connectivity index (χ1n) is 8.72. The Labute approximate surface area is 162 Å². The van der Waals surface area contributed by atoms with Gasteiger partial charge < -0.3 is 15.4 Å². The van der Waals surface area contributed by atoms with Crippen molar-refractivity contribution >= 4 is 23.4 Å². The van der Waals surface area contributed by atoms with Gasteiger partial charge in [0.25, 0.3) is 5.91 Å². The van der Waals surface area contributed by atoms with E-state index in [1.54, 1.807) is 30.3 Å². The van der Waals surface area contributed by atoms with Crippen molar-refractivity contribution in [3.8, 4) is 0 Å². The Morgan fingerprint density at radius 3 is 2.43 bits per heavy atom. The lowest BCUT2D eigenvalue weighted by atomic mass is 10.1. The molecular formula is C21H20N4O3.